The van der Waals surface area contributed by atoms with Gasteiger partial charge in [0.1, 0.15) is 0 Å². The smallest absolute Gasteiger partial charge is 0.253 e. The Bertz CT molecular complexity index is 525. The van der Waals surface area contributed by atoms with Crippen LogP contribution in [0.1, 0.15) is 16.8 Å². The molecule has 1 aliphatic heterocycles. The minimum atomic E-state index is -0.385. The summed E-state index contributed by atoms with van der Waals surface area (Å²) in [6.07, 6.45) is 0.581. The van der Waals surface area contributed by atoms with Crippen molar-refractivity contribution in [3.8, 4) is 0 Å². The second-order valence-electron chi connectivity index (χ2n) is 4.49. The number of hydrogen-bond acceptors (Lipinski definition) is 3. The highest BCUT2D eigenvalue weighted by Gasteiger charge is 2.30. The molecule has 0 spiro atoms. The first-order valence-corrected chi connectivity index (χ1v) is 6.49. The first-order valence-electron chi connectivity index (χ1n) is 5.73. The van der Waals surface area contributed by atoms with Crippen LogP contribution in [0.15, 0.2) is 12.1 Å². The van der Waals surface area contributed by atoms with Gasteiger partial charge < -0.3 is 16.4 Å². The van der Waals surface area contributed by atoms with E-state index in [1.165, 1.54) is 12.1 Å². The van der Waals surface area contributed by atoms with Crippen molar-refractivity contribution in [2.75, 3.05) is 18.8 Å². The predicted octanol–water partition coefficient (Wildman–Crippen LogP) is 1.52. The fourth-order valence-corrected chi connectivity index (χ4v) is 2.55. The summed E-state index contributed by atoms with van der Waals surface area (Å²) in [6, 6.07) is 2.95. The first kappa shape index (κ1) is 14.0. The number of nitrogen functional groups attached to an aromatic ring is 1. The van der Waals surface area contributed by atoms with Crippen LogP contribution in [0.4, 0.5) is 5.69 Å². The van der Waals surface area contributed by atoms with E-state index in [2.05, 4.69) is 0 Å². The Balaban J connectivity index is 2.19. The number of rotatable bonds is 2. The summed E-state index contributed by atoms with van der Waals surface area (Å²) in [5, 5.41) is 0.475. The standard InChI is InChI=1S/C12H13Cl2N3O2/c13-8-3-7(4-9(14)10(8)15)12(19)17-2-1-6(5-17)11(16)18/h3-4,6H,1-2,5,15H2,(H2,16,18). The van der Waals surface area contributed by atoms with E-state index in [4.69, 9.17) is 34.7 Å². The molecule has 2 amide bonds. The van der Waals surface area contributed by atoms with Crippen LogP contribution < -0.4 is 11.5 Å². The fraction of sp³-hybridized carbons (Fsp3) is 0.333. The monoisotopic (exact) mass is 301 g/mol. The van der Waals surface area contributed by atoms with Crippen LogP contribution in [0.2, 0.25) is 10.0 Å². The predicted molar refractivity (Wildman–Crippen MR) is 74.1 cm³/mol. The Morgan fingerprint density at radius 2 is 1.84 bits per heavy atom. The quantitative estimate of drug-likeness (QED) is 0.812. The van der Waals surface area contributed by atoms with E-state index in [1.807, 2.05) is 0 Å². The van der Waals surface area contributed by atoms with E-state index in [-0.39, 0.29) is 33.5 Å². The summed E-state index contributed by atoms with van der Waals surface area (Å²) < 4.78 is 0. The lowest BCUT2D eigenvalue weighted by Crippen LogP contribution is -2.31. The van der Waals surface area contributed by atoms with Gasteiger partial charge in [0.05, 0.1) is 21.7 Å². The van der Waals surface area contributed by atoms with Gasteiger partial charge in [-0.3, -0.25) is 9.59 Å². The molecule has 0 bridgehead atoms. The minimum Gasteiger partial charge on any atom is -0.396 e. The highest BCUT2D eigenvalue weighted by molar-refractivity contribution is 6.39. The maximum Gasteiger partial charge on any atom is 0.253 e. The maximum atomic E-state index is 12.2. The van der Waals surface area contributed by atoms with Gasteiger partial charge in [-0.25, -0.2) is 0 Å². The van der Waals surface area contributed by atoms with Crippen LogP contribution in [0.25, 0.3) is 0 Å². The Morgan fingerprint density at radius 1 is 1.26 bits per heavy atom. The van der Waals surface area contributed by atoms with Gasteiger partial charge in [0, 0.05) is 18.7 Å². The van der Waals surface area contributed by atoms with E-state index in [0.29, 0.717) is 25.1 Å². The number of halogens is 2. The second kappa shape index (κ2) is 5.27. The van der Waals surface area contributed by atoms with Crippen LogP contribution >= 0.6 is 23.2 Å². The van der Waals surface area contributed by atoms with E-state index in [9.17, 15) is 9.59 Å². The van der Waals surface area contributed by atoms with Gasteiger partial charge in [0.15, 0.2) is 0 Å². The largest absolute Gasteiger partial charge is 0.396 e. The zero-order valence-electron chi connectivity index (χ0n) is 10.0. The molecule has 19 heavy (non-hydrogen) atoms. The molecule has 1 heterocycles. The molecule has 0 saturated carbocycles. The average Bonchev–Trinajstić information content (AvgIpc) is 2.84. The zero-order valence-corrected chi connectivity index (χ0v) is 11.5. The Kier molecular flexibility index (Phi) is 3.87. The third-order valence-corrected chi connectivity index (χ3v) is 3.83. The van der Waals surface area contributed by atoms with Gasteiger partial charge in [-0.1, -0.05) is 23.2 Å². The number of nitrogens with two attached hydrogens (primary N) is 2. The molecular weight excluding hydrogens is 289 g/mol. The maximum absolute atomic E-state index is 12.2. The zero-order chi connectivity index (χ0) is 14.2. The SMILES string of the molecule is NC(=O)C1CCN(C(=O)c2cc(Cl)c(N)c(Cl)c2)C1. The minimum absolute atomic E-state index is 0.229. The third-order valence-electron chi connectivity index (χ3n) is 3.20. The van der Waals surface area contributed by atoms with E-state index >= 15 is 0 Å². The molecule has 4 N–H and O–H groups in total. The summed E-state index contributed by atoms with van der Waals surface area (Å²) in [5.41, 5.74) is 11.4. The molecule has 1 aliphatic rings. The lowest BCUT2D eigenvalue weighted by Gasteiger charge is -2.16. The Morgan fingerprint density at radius 3 is 2.32 bits per heavy atom. The van der Waals surface area contributed by atoms with Crippen LogP contribution in [0, 0.1) is 5.92 Å². The molecule has 5 nitrogen and oxygen atoms in total. The van der Waals surface area contributed by atoms with E-state index < -0.39 is 0 Å². The number of hydrogen-bond donors (Lipinski definition) is 2. The van der Waals surface area contributed by atoms with Crippen LogP contribution in [0.3, 0.4) is 0 Å². The Labute approximate surface area is 120 Å². The lowest BCUT2D eigenvalue weighted by atomic mass is 10.1. The van der Waals surface area contributed by atoms with Gasteiger partial charge in [0.2, 0.25) is 5.91 Å². The fourth-order valence-electron chi connectivity index (χ4n) is 2.07. The van der Waals surface area contributed by atoms with Gasteiger partial charge in [-0.05, 0) is 18.6 Å². The molecule has 102 valence electrons. The molecule has 0 radical (unpaired) electrons. The summed E-state index contributed by atoms with van der Waals surface area (Å²) in [6.45, 7) is 0.819. The summed E-state index contributed by atoms with van der Waals surface area (Å²) >= 11 is 11.8. The topological polar surface area (TPSA) is 89.4 Å². The molecule has 2 rings (SSSR count). The van der Waals surface area contributed by atoms with Crippen LogP contribution in [0.5, 0.6) is 0 Å². The molecule has 1 unspecified atom stereocenters. The number of benzene rings is 1. The van der Waals surface area contributed by atoms with Crippen LogP contribution in [-0.4, -0.2) is 29.8 Å². The van der Waals surface area contributed by atoms with E-state index in [0.717, 1.165) is 0 Å². The normalized spacial score (nSPS) is 18.6. The Hall–Kier alpha value is -1.46. The number of anilines is 1. The number of carbonyl (C=O) groups excluding carboxylic acids is 2. The van der Waals surface area contributed by atoms with Crippen molar-refractivity contribution in [1.29, 1.82) is 0 Å². The van der Waals surface area contributed by atoms with Crippen LogP contribution in [-0.2, 0) is 4.79 Å². The molecule has 1 aromatic rings. The molecule has 1 saturated heterocycles. The molecule has 1 atom stereocenters. The average molecular weight is 302 g/mol. The number of primary amides is 1. The molecule has 7 heteroatoms. The van der Waals surface area contributed by atoms with E-state index in [1.54, 1.807) is 4.90 Å². The molecule has 0 aliphatic carbocycles. The van der Waals surface area contributed by atoms with Crippen molar-refractivity contribution in [2.45, 2.75) is 6.42 Å². The van der Waals surface area contributed by atoms with Gasteiger partial charge in [0.25, 0.3) is 5.91 Å². The number of likely N-dealkylation sites (tertiary alicyclic amines) is 1. The van der Waals surface area contributed by atoms with Crippen molar-refractivity contribution in [2.24, 2.45) is 11.7 Å². The molecule has 1 fully saturated rings. The number of nitrogens with zero attached hydrogens (tertiary/aromatic N) is 1. The highest BCUT2D eigenvalue weighted by Crippen LogP contribution is 2.30. The summed E-state index contributed by atoms with van der Waals surface area (Å²) in [7, 11) is 0. The van der Waals surface area contributed by atoms with Crippen molar-refractivity contribution in [1.82, 2.24) is 4.90 Å². The van der Waals surface area contributed by atoms with Crippen molar-refractivity contribution < 1.29 is 9.59 Å². The van der Waals surface area contributed by atoms with Gasteiger partial charge in [-0.15, -0.1) is 0 Å². The lowest BCUT2D eigenvalue weighted by molar-refractivity contribution is -0.121. The van der Waals surface area contributed by atoms with Gasteiger partial charge in [-0.2, -0.15) is 0 Å². The van der Waals surface area contributed by atoms with Gasteiger partial charge >= 0.3 is 0 Å². The van der Waals surface area contributed by atoms with Crippen molar-refractivity contribution in [3.05, 3.63) is 27.7 Å². The third kappa shape index (κ3) is 2.77. The summed E-state index contributed by atoms with van der Waals surface area (Å²) in [5.74, 6) is -0.903. The highest BCUT2D eigenvalue weighted by atomic mass is 35.5. The molecule has 0 aromatic heterocycles. The molecule has 1 aromatic carbocycles. The second-order valence-corrected chi connectivity index (χ2v) is 5.31. The summed E-state index contributed by atoms with van der Waals surface area (Å²) in [4.78, 5) is 24.9. The first-order chi connectivity index (χ1) is 8.90. The van der Waals surface area contributed by atoms with Crippen molar-refractivity contribution in [3.63, 3.8) is 0 Å². The van der Waals surface area contributed by atoms with Crippen molar-refractivity contribution >= 4 is 40.7 Å². The number of carbonyl (C=O) groups is 2. The molecular formula is C12H13Cl2N3O2. The number of amides is 2.